The molecule has 110 valence electrons. The molecule has 0 radical (unpaired) electrons. The SMILES string of the molecule is C=Cc1ccc(C)c(C)c1.C=Cc1ccc(OCC)cc1. The fraction of sp³-hybridized carbons (Fsp3) is 0.200. The Kier molecular flexibility index (Phi) is 7.03. The van der Waals surface area contributed by atoms with E-state index in [4.69, 9.17) is 4.74 Å². The molecule has 0 spiro atoms. The van der Waals surface area contributed by atoms with Gasteiger partial charge in [-0.15, -0.1) is 0 Å². The maximum atomic E-state index is 5.27. The van der Waals surface area contributed by atoms with Crippen molar-refractivity contribution >= 4 is 12.2 Å². The molecule has 0 atom stereocenters. The Morgan fingerprint density at radius 3 is 1.90 bits per heavy atom. The van der Waals surface area contributed by atoms with Crippen molar-refractivity contribution in [3.05, 3.63) is 77.9 Å². The fourth-order valence-electron chi connectivity index (χ4n) is 1.76. The summed E-state index contributed by atoms with van der Waals surface area (Å²) in [5.74, 6) is 0.915. The Bertz CT molecular complexity index is 579. The maximum Gasteiger partial charge on any atom is 0.119 e. The van der Waals surface area contributed by atoms with Gasteiger partial charge in [-0.3, -0.25) is 0 Å². The zero-order valence-electron chi connectivity index (χ0n) is 13.2. The summed E-state index contributed by atoms with van der Waals surface area (Å²) >= 11 is 0. The lowest BCUT2D eigenvalue weighted by Crippen LogP contribution is -1.90. The lowest BCUT2D eigenvalue weighted by atomic mass is 10.1. The largest absolute Gasteiger partial charge is 0.494 e. The van der Waals surface area contributed by atoms with Crippen LogP contribution in [-0.2, 0) is 0 Å². The maximum absolute atomic E-state index is 5.27. The quantitative estimate of drug-likeness (QED) is 0.700. The topological polar surface area (TPSA) is 9.23 Å². The highest BCUT2D eigenvalue weighted by Gasteiger charge is 1.91. The van der Waals surface area contributed by atoms with Crippen LogP contribution in [0.15, 0.2) is 55.6 Å². The first-order valence-corrected chi connectivity index (χ1v) is 7.15. The molecule has 0 saturated heterocycles. The number of hydrogen-bond donors (Lipinski definition) is 0. The lowest BCUT2D eigenvalue weighted by Gasteiger charge is -2.01. The molecule has 0 fully saturated rings. The van der Waals surface area contributed by atoms with Crippen molar-refractivity contribution in [2.45, 2.75) is 20.8 Å². The Hall–Kier alpha value is -2.28. The highest BCUT2D eigenvalue weighted by atomic mass is 16.5. The van der Waals surface area contributed by atoms with Crippen LogP contribution >= 0.6 is 0 Å². The summed E-state index contributed by atoms with van der Waals surface area (Å²) in [6, 6.07) is 14.2. The zero-order valence-corrected chi connectivity index (χ0v) is 13.2. The normalized spacial score (nSPS) is 9.29. The summed E-state index contributed by atoms with van der Waals surface area (Å²) in [5.41, 5.74) is 4.99. The third-order valence-corrected chi connectivity index (χ3v) is 3.19. The molecule has 2 aromatic carbocycles. The van der Waals surface area contributed by atoms with E-state index in [0.717, 1.165) is 11.3 Å². The molecular weight excluding hydrogens is 256 g/mol. The number of ether oxygens (including phenoxy) is 1. The Morgan fingerprint density at radius 2 is 1.43 bits per heavy atom. The Morgan fingerprint density at radius 1 is 0.857 bits per heavy atom. The predicted molar refractivity (Wildman–Crippen MR) is 93.7 cm³/mol. The van der Waals surface area contributed by atoms with Crippen LogP contribution in [0.3, 0.4) is 0 Å². The van der Waals surface area contributed by atoms with Crippen LogP contribution in [0.4, 0.5) is 0 Å². The molecular formula is C20H24O. The first-order chi connectivity index (χ1) is 10.1. The molecule has 1 heteroatoms. The van der Waals surface area contributed by atoms with Gasteiger partial charge in [-0.05, 0) is 55.2 Å². The Labute approximate surface area is 128 Å². The average molecular weight is 280 g/mol. The standard InChI is InChI=1S/C10H12O.C10H12/c1-3-9-5-7-10(8-6-9)11-4-2;1-4-10-6-5-8(2)9(3)7-10/h3,5-8H,1,4H2,2H3;4-7H,1H2,2-3H3. The highest BCUT2D eigenvalue weighted by molar-refractivity contribution is 5.49. The number of rotatable bonds is 4. The fourth-order valence-corrected chi connectivity index (χ4v) is 1.76. The minimum absolute atomic E-state index is 0.716. The summed E-state index contributed by atoms with van der Waals surface area (Å²) in [7, 11) is 0. The second-order valence-electron chi connectivity index (χ2n) is 4.75. The van der Waals surface area contributed by atoms with Gasteiger partial charge in [0.25, 0.3) is 0 Å². The molecule has 0 heterocycles. The minimum atomic E-state index is 0.716. The van der Waals surface area contributed by atoms with E-state index in [9.17, 15) is 0 Å². The van der Waals surface area contributed by atoms with Gasteiger partial charge in [0, 0.05) is 0 Å². The molecule has 0 N–H and O–H groups in total. The van der Waals surface area contributed by atoms with Gasteiger partial charge in [0.15, 0.2) is 0 Å². The molecule has 0 aromatic heterocycles. The van der Waals surface area contributed by atoms with Crippen LogP contribution in [0.1, 0.15) is 29.2 Å². The average Bonchev–Trinajstić information content (AvgIpc) is 2.52. The van der Waals surface area contributed by atoms with Crippen molar-refractivity contribution in [3.8, 4) is 5.75 Å². The van der Waals surface area contributed by atoms with E-state index in [1.165, 1.54) is 16.7 Å². The smallest absolute Gasteiger partial charge is 0.119 e. The third-order valence-electron chi connectivity index (χ3n) is 3.19. The van der Waals surface area contributed by atoms with Crippen LogP contribution in [0.2, 0.25) is 0 Å². The van der Waals surface area contributed by atoms with E-state index in [2.05, 4.69) is 45.2 Å². The van der Waals surface area contributed by atoms with Gasteiger partial charge >= 0.3 is 0 Å². The summed E-state index contributed by atoms with van der Waals surface area (Å²) < 4.78 is 5.27. The van der Waals surface area contributed by atoms with Crippen molar-refractivity contribution in [3.63, 3.8) is 0 Å². The van der Waals surface area contributed by atoms with Crippen molar-refractivity contribution in [1.82, 2.24) is 0 Å². The molecule has 0 aliphatic heterocycles. The number of benzene rings is 2. The van der Waals surface area contributed by atoms with E-state index in [-0.39, 0.29) is 0 Å². The highest BCUT2D eigenvalue weighted by Crippen LogP contribution is 2.12. The van der Waals surface area contributed by atoms with Crippen molar-refractivity contribution in [2.75, 3.05) is 6.61 Å². The molecule has 0 unspecified atom stereocenters. The predicted octanol–water partition coefficient (Wildman–Crippen LogP) is 5.67. The van der Waals surface area contributed by atoms with Crippen molar-refractivity contribution in [1.29, 1.82) is 0 Å². The molecule has 0 saturated carbocycles. The van der Waals surface area contributed by atoms with Gasteiger partial charge in [-0.1, -0.05) is 55.6 Å². The number of aryl methyl sites for hydroxylation is 2. The van der Waals surface area contributed by atoms with Gasteiger partial charge in [0.2, 0.25) is 0 Å². The van der Waals surface area contributed by atoms with Crippen LogP contribution in [-0.4, -0.2) is 6.61 Å². The van der Waals surface area contributed by atoms with Crippen LogP contribution in [0, 0.1) is 13.8 Å². The van der Waals surface area contributed by atoms with Gasteiger partial charge < -0.3 is 4.74 Å². The summed E-state index contributed by atoms with van der Waals surface area (Å²) in [6.45, 7) is 14.3. The van der Waals surface area contributed by atoms with Gasteiger partial charge in [0.1, 0.15) is 5.75 Å². The van der Waals surface area contributed by atoms with E-state index in [1.54, 1.807) is 0 Å². The van der Waals surface area contributed by atoms with E-state index >= 15 is 0 Å². The Balaban J connectivity index is 0.000000211. The molecule has 0 bridgehead atoms. The molecule has 2 rings (SSSR count). The zero-order chi connectivity index (χ0) is 15.7. The third kappa shape index (κ3) is 5.70. The molecule has 21 heavy (non-hydrogen) atoms. The van der Waals surface area contributed by atoms with Crippen molar-refractivity contribution < 1.29 is 4.74 Å². The summed E-state index contributed by atoms with van der Waals surface area (Å²) in [5, 5.41) is 0. The monoisotopic (exact) mass is 280 g/mol. The van der Waals surface area contributed by atoms with E-state index < -0.39 is 0 Å². The molecule has 0 amide bonds. The first-order valence-electron chi connectivity index (χ1n) is 7.15. The van der Waals surface area contributed by atoms with Gasteiger partial charge in [-0.25, -0.2) is 0 Å². The second kappa shape index (κ2) is 8.80. The second-order valence-corrected chi connectivity index (χ2v) is 4.75. The minimum Gasteiger partial charge on any atom is -0.494 e. The summed E-state index contributed by atoms with van der Waals surface area (Å²) in [6.07, 6.45) is 3.68. The molecule has 0 aliphatic carbocycles. The van der Waals surface area contributed by atoms with Crippen molar-refractivity contribution in [2.24, 2.45) is 0 Å². The first kappa shape index (κ1) is 16.8. The van der Waals surface area contributed by atoms with Crippen LogP contribution in [0.25, 0.3) is 12.2 Å². The number of hydrogen-bond acceptors (Lipinski definition) is 1. The molecule has 0 aliphatic rings. The van der Waals surface area contributed by atoms with Gasteiger partial charge in [0.05, 0.1) is 6.61 Å². The van der Waals surface area contributed by atoms with E-state index in [1.807, 2.05) is 43.3 Å². The lowest BCUT2D eigenvalue weighted by molar-refractivity contribution is 0.340. The molecule has 2 aromatic rings. The molecule has 1 nitrogen and oxygen atoms in total. The van der Waals surface area contributed by atoms with Crippen LogP contribution in [0.5, 0.6) is 5.75 Å². The van der Waals surface area contributed by atoms with Crippen LogP contribution < -0.4 is 4.74 Å². The summed E-state index contributed by atoms with van der Waals surface area (Å²) in [4.78, 5) is 0. The van der Waals surface area contributed by atoms with Gasteiger partial charge in [-0.2, -0.15) is 0 Å². The van der Waals surface area contributed by atoms with E-state index in [0.29, 0.717) is 6.61 Å².